The van der Waals surface area contributed by atoms with Gasteiger partial charge in [-0.05, 0) is 6.42 Å². The van der Waals surface area contributed by atoms with E-state index in [0.717, 1.165) is 11.3 Å². The maximum atomic E-state index is 12.0. The number of aryl methyl sites for hydroxylation is 1. The molecule has 0 aliphatic carbocycles. The second-order valence-corrected chi connectivity index (χ2v) is 7.47. The van der Waals surface area contributed by atoms with Gasteiger partial charge in [-0.2, -0.15) is 0 Å². The minimum Gasteiger partial charge on any atom is -0.477 e. The molecule has 1 aliphatic rings. The van der Waals surface area contributed by atoms with Gasteiger partial charge in [-0.3, -0.25) is 9.69 Å². The Labute approximate surface area is 125 Å². The van der Waals surface area contributed by atoms with E-state index < -0.39 is 21.9 Å². The Balaban J connectivity index is 2.23. The zero-order chi connectivity index (χ0) is 15.8. The molecule has 1 aromatic heterocycles. The molecule has 0 aromatic carbocycles. The number of aromatic carboxylic acids is 1. The van der Waals surface area contributed by atoms with Crippen LogP contribution in [0.5, 0.6) is 0 Å². The summed E-state index contributed by atoms with van der Waals surface area (Å²) in [7, 11) is -3.65. The number of primary sulfonamides is 1. The van der Waals surface area contributed by atoms with Gasteiger partial charge in [0.05, 0.1) is 11.4 Å². The molecule has 8 nitrogen and oxygen atoms in total. The molecular formula is C11H15N3O5S2. The molecule has 1 saturated heterocycles. The number of sulfonamides is 1. The molecule has 21 heavy (non-hydrogen) atoms. The molecule has 1 unspecified atom stereocenters. The second-order valence-electron chi connectivity index (χ2n) is 4.83. The van der Waals surface area contributed by atoms with E-state index in [2.05, 4.69) is 4.98 Å². The van der Waals surface area contributed by atoms with Gasteiger partial charge in [0.1, 0.15) is 4.88 Å². The van der Waals surface area contributed by atoms with Gasteiger partial charge < -0.3 is 5.11 Å². The molecule has 1 amide bonds. The Hall–Kier alpha value is -1.52. The standard InChI is InChI=1S/C11H15N3O5S2/c1-2-7-9(10(16)17)20-11(13-7)14-4-6(3-8(14)15)5-21(12,18)19/h6H,2-5H2,1H3,(H,16,17)(H2,12,18,19). The maximum absolute atomic E-state index is 12.0. The first-order chi connectivity index (χ1) is 9.71. The van der Waals surface area contributed by atoms with Crippen LogP contribution in [0.1, 0.15) is 28.7 Å². The second kappa shape index (κ2) is 5.70. The molecule has 0 bridgehead atoms. The smallest absolute Gasteiger partial charge is 0.347 e. The highest BCUT2D eigenvalue weighted by atomic mass is 32.2. The van der Waals surface area contributed by atoms with Crippen molar-refractivity contribution in [2.24, 2.45) is 11.1 Å². The van der Waals surface area contributed by atoms with Gasteiger partial charge >= 0.3 is 5.97 Å². The van der Waals surface area contributed by atoms with Crippen LogP contribution in [0.3, 0.4) is 0 Å². The largest absolute Gasteiger partial charge is 0.477 e. The van der Waals surface area contributed by atoms with Crippen molar-refractivity contribution in [3.63, 3.8) is 0 Å². The first-order valence-corrected chi connectivity index (χ1v) is 8.78. The molecule has 10 heteroatoms. The molecule has 2 rings (SSSR count). The number of thiazole rings is 1. The number of hydrogen-bond donors (Lipinski definition) is 2. The zero-order valence-electron chi connectivity index (χ0n) is 11.3. The summed E-state index contributed by atoms with van der Waals surface area (Å²) in [6.07, 6.45) is 0.515. The summed E-state index contributed by atoms with van der Waals surface area (Å²) in [4.78, 5) is 28.7. The van der Waals surface area contributed by atoms with Crippen LogP contribution in [-0.2, 0) is 21.2 Å². The molecule has 1 fully saturated rings. The number of carboxylic acid groups (broad SMARTS) is 1. The van der Waals surface area contributed by atoms with Gasteiger partial charge in [0.2, 0.25) is 15.9 Å². The first-order valence-electron chi connectivity index (χ1n) is 6.25. The number of amides is 1. The van der Waals surface area contributed by atoms with Crippen LogP contribution < -0.4 is 10.0 Å². The van der Waals surface area contributed by atoms with Crippen molar-refractivity contribution in [2.75, 3.05) is 17.2 Å². The number of carbonyl (C=O) groups is 2. The third-order valence-corrected chi connectivity index (χ3v) is 5.16. The van der Waals surface area contributed by atoms with Gasteiger partial charge in [-0.25, -0.2) is 23.3 Å². The van der Waals surface area contributed by atoms with Crippen molar-refractivity contribution in [3.8, 4) is 0 Å². The molecule has 2 heterocycles. The first kappa shape index (κ1) is 15.9. The van der Waals surface area contributed by atoms with E-state index in [1.165, 1.54) is 4.90 Å². The number of rotatable bonds is 5. The molecule has 0 saturated carbocycles. The third-order valence-electron chi connectivity index (χ3n) is 3.12. The lowest BCUT2D eigenvalue weighted by atomic mass is 10.1. The Kier molecular flexibility index (Phi) is 4.30. The molecule has 116 valence electrons. The number of nitrogens with zero attached hydrogens (tertiary/aromatic N) is 2. The quantitative estimate of drug-likeness (QED) is 0.782. The fourth-order valence-electron chi connectivity index (χ4n) is 2.27. The van der Waals surface area contributed by atoms with Crippen LogP contribution in [0.4, 0.5) is 5.13 Å². The number of aromatic nitrogens is 1. The van der Waals surface area contributed by atoms with E-state index in [0.29, 0.717) is 17.2 Å². The fourth-order valence-corrected chi connectivity index (χ4v) is 4.17. The highest BCUT2D eigenvalue weighted by Crippen LogP contribution is 2.31. The molecule has 0 spiro atoms. The molecule has 3 N–H and O–H groups in total. The monoisotopic (exact) mass is 333 g/mol. The Morgan fingerprint density at radius 2 is 2.24 bits per heavy atom. The average Bonchev–Trinajstić information content (AvgIpc) is 2.90. The van der Waals surface area contributed by atoms with Crippen LogP contribution in [0.2, 0.25) is 0 Å². The summed E-state index contributed by atoms with van der Waals surface area (Å²) < 4.78 is 22.2. The topological polar surface area (TPSA) is 131 Å². The highest BCUT2D eigenvalue weighted by molar-refractivity contribution is 7.89. The molecule has 1 aliphatic heterocycles. The average molecular weight is 333 g/mol. The van der Waals surface area contributed by atoms with Crippen LogP contribution in [0.15, 0.2) is 0 Å². The maximum Gasteiger partial charge on any atom is 0.347 e. The zero-order valence-corrected chi connectivity index (χ0v) is 12.9. The van der Waals surface area contributed by atoms with Crippen LogP contribution in [0, 0.1) is 5.92 Å². The Morgan fingerprint density at radius 1 is 1.57 bits per heavy atom. The number of carboxylic acids is 1. The van der Waals surface area contributed by atoms with Gasteiger partial charge in [0.15, 0.2) is 5.13 Å². The molecule has 1 aromatic rings. The Bertz CT molecular complexity index is 682. The normalized spacial score (nSPS) is 19.2. The van der Waals surface area contributed by atoms with E-state index in [1.807, 2.05) is 0 Å². The molecule has 1 atom stereocenters. The van der Waals surface area contributed by atoms with E-state index in [-0.39, 0.29) is 29.5 Å². The lowest BCUT2D eigenvalue weighted by Crippen LogP contribution is -2.27. The van der Waals surface area contributed by atoms with Crippen molar-refractivity contribution in [3.05, 3.63) is 10.6 Å². The Morgan fingerprint density at radius 3 is 2.71 bits per heavy atom. The van der Waals surface area contributed by atoms with Gasteiger partial charge in [0.25, 0.3) is 0 Å². The summed E-state index contributed by atoms with van der Waals surface area (Å²) >= 11 is 0.927. The molecule has 0 radical (unpaired) electrons. The van der Waals surface area contributed by atoms with Crippen molar-refractivity contribution < 1.29 is 23.1 Å². The van der Waals surface area contributed by atoms with Crippen molar-refractivity contribution in [1.82, 2.24) is 4.98 Å². The number of anilines is 1. The van der Waals surface area contributed by atoms with Crippen LogP contribution >= 0.6 is 11.3 Å². The van der Waals surface area contributed by atoms with Crippen molar-refractivity contribution >= 4 is 38.4 Å². The van der Waals surface area contributed by atoms with E-state index in [9.17, 15) is 18.0 Å². The van der Waals surface area contributed by atoms with Crippen molar-refractivity contribution in [2.45, 2.75) is 19.8 Å². The third kappa shape index (κ3) is 3.57. The fraction of sp³-hybridized carbons (Fsp3) is 0.545. The summed E-state index contributed by atoms with van der Waals surface area (Å²) in [6.45, 7) is 1.96. The predicted octanol–water partition coefficient (Wildman–Crippen LogP) is 0.0451. The summed E-state index contributed by atoms with van der Waals surface area (Å²) in [5, 5.41) is 14.4. The van der Waals surface area contributed by atoms with Crippen LogP contribution in [-0.4, -0.2) is 42.7 Å². The van der Waals surface area contributed by atoms with E-state index >= 15 is 0 Å². The predicted molar refractivity (Wildman–Crippen MR) is 76.9 cm³/mol. The summed E-state index contributed by atoms with van der Waals surface area (Å²) in [5.41, 5.74) is 0.421. The number of hydrogen-bond acceptors (Lipinski definition) is 6. The minimum absolute atomic E-state index is 0.0693. The number of carbonyl (C=O) groups excluding carboxylic acids is 1. The van der Waals surface area contributed by atoms with Crippen LogP contribution in [0.25, 0.3) is 0 Å². The molecular weight excluding hydrogens is 318 g/mol. The number of nitrogens with two attached hydrogens (primary N) is 1. The minimum atomic E-state index is -3.65. The van der Waals surface area contributed by atoms with Gasteiger partial charge in [-0.15, -0.1) is 0 Å². The lowest BCUT2D eigenvalue weighted by Gasteiger charge is -2.12. The van der Waals surface area contributed by atoms with E-state index in [4.69, 9.17) is 10.2 Å². The summed E-state index contributed by atoms with van der Waals surface area (Å²) in [6, 6.07) is 0. The summed E-state index contributed by atoms with van der Waals surface area (Å²) in [5.74, 6) is -2.01. The SMILES string of the molecule is CCc1nc(N2CC(CS(N)(=O)=O)CC2=O)sc1C(=O)O. The highest BCUT2D eigenvalue weighted by Gasteiger charge is 2.35. The van der Waals surface area contributed by atoms with Crippen molar-refractivity contribution in [1.29, 1.82) is 0 Å². The van der Waals surface area contributed by atoms with Gasteiger partial charge in [0, 0.05) is 18.9 Å². The van der Waals surface area contributed by atoms with Gasteiger partial charge in [-0.1, -0.05) is 18.3 Å². The van der Waals surface area contributed by atoms with E-state index in [1.54, 1.807) is 6.92 Å². The lowest BCUT2D eigenvalue weighted by molar-refractivity contribution is -0.117.